The molecule has 0 aromatic rings. The maximum absolute atomic E-state index is 11.1. The molecular formula is C11H14O3. The number of carbonyl (C=O) groups is 2. The Bertz CT molecular complexity index is 308. The molecule has 0 radical (unpaired) electrons. The van der Waals surface area contributed by atoms with Crippen LogP contribution in [-0.2, 0) is 14.3 Å². The summed E-state index contributed by atoms with van der Waals surface area (Å²) in [5.41, 5.74) is -0.416. The molecule has 0 heterocycles. The molecule has 0 amide bonds. The van der Waals surface area contributed by atoms with E-state index in [1.165, 1.54) is 6.92 Å². The van der Waals surface area contributed by atoms with Crippen molar-refractivity contribution < 1.29 is 14.3 Å². The first kappa shape index (κ1) is 9.44. The fourth-order valence-corrected chi connectivity index (χ4v) is 2.61. The summed E-state index contributed by atoms with van der Waals surface area (Å²) in [6.45, 7) is 3.39. The second kappa shape index (κ2) is 2.94. The first-order chi connectivity index (χ1) is 6.63. The highest BCUT2D eigenvalue weighted by molar-refractivity contribution is 5.73. The minimum absolute atomic E-state index is 0.183. The van der Waals surface area contributed by atoms with E-state index in [2.05, 4.69) is 6.08 Å². The number of carbonyl (C=O) groups excluding carboxylic acids is 2. The summed E-state index contributed by atoms with van der Waals surface area (Å²) in [5.74, 6) is 0.102. The highest BCUT2D eigenvalue weighted by atomic mass is 16.6. The van der Waals surface area contributed by atoms with Crippen molar-refractivity contribution in [2.45, 2.75) is 26.4 Å². The Morgan fingerprint density at radius 1 is 1.64 bits per heavy atom. The number of hydrogen-bond donors (Lipinski definition) is 0. The van der Waals surface area contributed by atoms with Crippen LogP contribution >= 0.6 is 0 Å². The first-order valence-electron chi connectivity index (χ1n) is 4.93. The third kappa shape index (κ3) is 1.04. The third-order valence-electron chi connectivity index (χ3n) is 3.49. The van der Waals surface area contributed by atoms with Crippen LogP contribution in [0.25, 0.3) is 0 Å². The molecule has 4 atom stereocenters. The minimum atomic E-state index is -0.416. The summed E-state index contributed by atoms with van der Waals surface area (Å²) < 4.78 is 5.16. The van der Waals surface area contributed by atoms with Crippen molar-refractivity contribution in [2.75, 3.05) is 0 Å². The number of fused-ring (bicyclic) bond motifs is 1. The summed E-state index contributed by atoms with van der Waals surface area (Å²) in [6.07, 6.45) is 5.73. The van der Waals surface area contributed by atoms with Crippen molar-refractivity contribution >= 4 is 12.3 Å². The highest BCUT2D eigenvalue weighted by Gasteiger charge is 2.69. The van der Waals surface area contributed by atoms with Gasteiger partial charge in [0, 0.05) is 12.8 Å². The van der Waals surface area contributed by atoms with E-state index in [1.54, 1.807) is 0 Å². The maximum atomic E-state index is 11.1. The van der Waals surface area contributed by atoms with Gasteiger partial charge in [0.1, 0.15) is 12.4 Å². The molecule has 0 spiro atoms. The molecule has 2 aliphatic carbocycles. The molecular weight excluding hydrogens is 180 g/mol. The Kier molecular flexibility index (Phi) is 1.98. The molecule has 1 fully saturated rings. The fourth-order valence-electron chi connectivity index (χ4n) is 2.61. The molecule has 3 heteroatoms. The Morgan fingerprint density at radius 2 is 2.36 bits per heavy atom. The summed E-state index contributed by atoms with van der Waals surface area (Å²) in [4.78, 5) is 21.9. The normalized spacial score (nSPS) is 44.0. The summed E-state index contributed by atoms with van der Waals surface area (Å²) in [7, 11) is 0. The number of allylic oxidation sites excluding steroid dienone is 2. The van der Waals surface area contributed by atoms with Crippen LogP contribution in [0, 0.1) is 17.3 Å². The molecule has 3 nitrogen and oxygen atoms in total. The monoisotopic (exact) mass is 194 g/mol. The zero-order chi connectivity index (χ0) is 10.3. The average molecular weight is 194 g/mol. The van der Waals surface area contributed by atoms with Gasteiger partial charge in [-0.2, -0.15) is 0 Å². The molecule has 0 aromatic heterocycles. The van der Waals surface area contributed by atoms with Gasteiger partial charge in [-0.3, -0.25) is 4.79 Å². The van der Waals surface area contributed by atoms with E-state index in [4.69, 9.17) is 4.74 Å². The lowest BCUT2D eigenvalue weighted by molar-refractivity contribution is -0.144. The van der Waals surface area contributed by atoms with Gasteiger partial charge in [0.05, 0.1) is 5.41 Å². The Balaban J connectivity index is 2.19. The molecule has 1 saturated carbocycles. The van der Waals surface area contributed by atoms with Crippen LogP contribution in [0.15, 0.2) is 12.2 Å². The van der Waals surface area contributed by atoms with Crippen molar-refractivity contribution in [1.29, 1.82) is 0 Å². The number of aldehydes is 1. The SMILES string of the molecule is CC(=O)O[C@H]1[C@@H]2CC=C[C@@H](C)[C@]21C=O. The largest absolute Gasteiger partial charge is 0.461 e. The molecule has 0 bridgehead atoms. The van der Waals surface area contributed by atoms with E-state index in [-0.39, 0.29) is 23.9 Å². The number of esters is 1. The molecule has 0 N–H and O–H groups in total. The van der Waals surface area contributed by atoms with Crippen LogP contribution in [0.1, 0.15) is 20.3 Å². The lowest BCUT2D eigenvalue weighted by atomic mass is 9.85. The summed E-state index contributed by atoms with van der Waals surface area (Å²) in [6, 6.07) is 0. The van der Waals surface area contributed by atoms with Crippen molar-refractivity contribution in [3.05, 3.63) is 12.2 Å². The van der Waals surface area contributed by atoms with E-state index >= 15 is 0 Å². The van der Waals surface area contributed by atoms with Gasteiger partial charge in [0.25, 0.3) is 0 Å². The van der Waals surface area contributed by atoms with E-state index in [9.17, 15) is 9.59 Å². The van der Waals surface area contributed by atoms with E-state index < -0.39 is 5.41 Å². The van der Waals surface area contributed by atoms with Crippen LogP contribution in [0.2, 0.25) is 0 Å². The Labute approximate surface area is 83.1 Å². The van der Waals surface area contributed by atoms with Gasteiger partial charge in [0.15, 0.2) is 0 Å². The van der Waals surface area contributed by atoms with E-state index in [0.717, 1.165) is 12.7 Å². The van der Waals surface area contributed by atoms with Crippen molar-refractivity contribution in [3.8, 4) is 0 Å². The third-order valence-corrected chi connectivity index (χ3v) is 3.49. The maximum Gasteiger partial charge on any atom is 0.302 e. The van der Waals surface area contributed by atoms with Gasteiger partial charge in [-0.25, -0.2) is 0 Å². The second-order valence-corrected chi connectivity index (χ2v) is 4.21. The van der Waals surface area contributed by atoms with Gasteiger partial charge in [-0.1, -0.05) is 19.1 Å². The molecule has 0 unspecified atom stereocenters. The average Bonchev–Trinajstić information content (AvgIpc) is 2.75. The zero-order valence-corrected chi connectivity index (χ0v) is 8.40. The van der Waals surface area contributed by atoms with Crippen LogP contribution in [0.5, 0.6) is 0 Å². The van der Waals surface area contributed by atoms with Gasteiger partial charge >= 0.3 is 5.97 Å². The highest BCUT2D eigenvalue weighted by Crippen LogP contribution is 2.62. The summed E-state index contributed by atoms with van der Waals surface area (Å²) >= 11 is 0. The van der Waals surface area contributed by atoms with Crippen molar-refractivity contribution in [1.82, 2.24) is 0 Å². The second-order valence-electron chi connectivity index (χ2n) is 4.21. The van der Waals surface area contributed by atoms with E-state index in [1.807, 2.05) is 13.0 Å². The minimum Gasteiger partial charge on any atom is -0.461 e. The van der Waals surface area contributed by atoms with Gasteiger partial charge in [-0.15, -0.1) is 0 Å². The lowest BCUT2D eigenvalue weighted by Crippen LogP contribution is -2.21. The van der Waals surface area contributed by atoms with Gasteiger partial charge in [0.2, 0.25) is 0 Å². The van der Waals surface area contributed by atoms with Crippen LogP contribution < -0.4 is 0 Å². The van der Waals surface area contributed by atoms with Crippen LogP contribution in [-0.4, -0.2) is 18.4 Å². The van der Waals surface area contributed by atoms with Crippen LogP contribution in [0.4, 0.5) is 0 Å². The number of hydrogen-bond acceptors (Lipinski definition) is 3. The summed E-state index contributed by atoms with van der Waals surface area (Å²) in [5, 5.41) is 0. The van der Waals surface area contributed by atoms with E-state index in [0.29, 0.717) is 0 Å². The zero-order valence-electron chi connectivity index (χ0n) is 8.40. The molecule has 0 aliphatic heterocycles. The fraction of sp³-hybridized carbons (Fsp3) is 0.636. The van der Waals surface area contributed by atoms with Gasteiger partial charge < -0.3 is 9.53 Å². The topological polar surface area (TPSA) is 43.4 Å². The molecule has 2 aliphatic rings. The first-order valence-corrected chi connectivity index (χ1v) is 4.93. The Morgan fingerprint density at radius 3 is 2.86 bits per heavy atom. The molecule has 0 aromatic carbocycles. The predicted molar refractivity (Wildman–Crippen MR) is 50.5 cm³/mol. The number of ether oxygens (including phenoxy) is 1. The molecule has 0 saturated heterocycles. The van der Waals surface area contributed by atoms with Gasteiger partial charge in [-0.05, 0) is 12.3 Å². The molecule has 14 heavy (non-hydrogen) atoms. The Hall–Kier alpha value is -1.12. The predicted octanol–water partition coefficient (Wildman–Crippen LogP) is 1.33. The molecule has 2 rings (SSSR count). The molecule has 76 valence electrons. The van der Waals surface area contributed by atoms with Crippen LogP contribution in [0.3, 0.4) is 0 Å². The lowest BCUT2D eigenvalue weighted by Gasteiger charge is -2.18. The quantitative estimate of drug-likeness (QED) is 0.378. The smallest absolute Gasteiger partial charge is 0.302 e. The van der Waals surface area contributed by atoms with Crippen molar-refractivity contribution in [2.24, 2.45) is 17.3 Å². The number of rotatable bonds is 2. The standard InChI is InChI=1S/C11H14O3/c1-7-4-3-5-9-10(14-8(2)13)11(7,9)6-12/h3-4,6-7,9-10H,5H2,1-2H3/t7-,9+,10+,11-/m1/s1. The van der Waals surface area contributed by atoms with Crippen molar-refractivity contribution in [3.63, 3.8) is 0 Å².